The summed E-state index contributed by atoms with van der Waals surface area (Å²) in [5.74, 6) is -0.212. The van der Waals surface area contributed by atoms with Gasteiger partial charge >= 0.3 is 5.97 Å². The molecule has 0 amide bonds. The third-order valence-corrected chi connectivity index (χ3v) is 6.18. The highest BCUT2D eigenvalue weighted by molar-refractivity contribution is 5.71. The molecule has 0 aliphatic carbocycles. The number of hydrogen-bond donors (Lipinski definition) is 3. The van der Waals surface area contributed by atoms with Gasteiger partial charge in [-0.15, -0.1) is 0 Å². The van der Waals surface area contributed by atoms with Crippen LogP contribution in [0.15, 0.2) is 72.8 Å². The molecule has 3 aromatic carbocycles. The van der Waals surface area contributed by atoms with Gasteiger partial charge in [-0.1, -0.05) is 36.4 Å². The molecule has 37 heavy (non-hydrogen) atoms. The number of hydrogen-bond acceptors (Lipinski definition) is 7. The van der Waals surface area contributed by atoms with Gasteiger partial charge in [0.05, 0.1) is 25.1 Å². The summed E-state index contributed by atoms with van der Waals surface area (Å²) in [6.07, 6.45) is 1.38. The van der Waals surface area contributed by atoms with Gasteiger partial charge in [0.25, 0.3) is 5.69 Å². The molecule has 3 aromatic rings. The second kappa shape index (κ2) is 14.0. The van der Waals surface area contributed by atoms with E-state index in [0.717, 1.165) is 29.0 Å². The third kappa shape index (κ3) is 8.30. The van der Waals surface area contributed by atoms with Crippen LogP contribution in [0.2, 0.25) is 0 Å². The van der Waals surface area contributed by atoms with E-state index in [2.05, 4.69) is 10.6 Å². The number of nitrogens with one attached hydrogen (secondary N) is 2. The number of non-ortho nitro benzene ring substituents is 1. The maximum absolute atomic E-state index is 12.3. The van der Waals surface area contributed by atoms with Crippen LogP contribution in [0.25, 0.3) is 0 Å². The molecule has 2 atom stereocenters. The summed E-state index contributed by atoms with van der Waals surface area (Å²) in [5.41, 5.74) is 2.78. The Morgan fingerprint density at radius 3 is 2.00 bits per heavy atom. The van der Waals surface area contributed by atoms with Crippen LogP contribution in [-0.2, 0) is 17.6 Å². The Morgan fingerprint density at radius 2 is 1.49 bits per heavy atom. The number of methoxy groups -OCH3 is 2. The second-order valence-electron chi connectivity index (χ2n) is 8.63. The number of carbonyl (C=O) groups is 1. The molecule has 0 bridgehead atoms. The van der Waals surface area contributed by atoms with Crippen molar-refractivity contribution < 1.29 is 24.3 Å². The van der Waals surface area contributed by atoms with Crippen molar-refractivity contribution in [3.63, 3.8) is 0 Å². The van der Waals surface area contributed by atoms with Crippen LogP contribution in [0.1, 0.15) is 22.7 Å². The Bertz CT molecular complexity index is 1170. The Hall–Kier alpha value is -3.95. The summed E-state index contributed by atoms with van der Waals surface area (Å²) in [4.78, 5) is 23.0. The van der Waals surface area contributed by atoms with Gasteiger partial charge in [0.2, 0.25) is 0 Å². The molecule has 0 fully saturated rings. The van der Waals surface area contributed by atoms with Gasteiger partial charge in [-0.05, 0) is 66.9 Å². The summed E-state index contributed by atoms with van der Waals surface area (Å²) in [5, 5.41) is 27.8. The van der Waals surface area contributed by atoms with Crippen molar-refractivity contribution in [1.29, 1.82) is 0 Å². The highest BCUT2D eigenvalue weighted by Gasteiger charge is 2.29. The lowest BCUT2D eigenvalue weighted by Crippen LogP contribution is -2.40. The molecule has 0 aromatic heterocycles. The van der Waals surface area contributed by atoms with Gasteiger partial charge in [0, 0.05) is 24.7 Å². The smallest absolute Gasteiger partial charge is 0.309 e. The number of aliphatic carboxylic acids is 1. The van der Waals surface area contributed by atoms with Crippen molar-refractivity contribution in [1.82, 2.24) is 10.6 Å². The normalized spacial score (nSPS) is 12.5. The summed E-state index contributed by atoms with van der Waals surface area (Å²) in [7, 11) is 3.23. The fourth-order valence-electron chi connectivity index (χ4n) is 4.16. The van der Waals surface area contributed by atoms with Crippen LogP contribution < -0.4 is 20.1 Å². The number of nitro benzene ring substituents is 1. The van der Waals surface area contributed by atoms with Crippen molar-refractivity contribution in [2.75, 3.05) is 33.9 Å². The lowest BCUT2D eigenvalue weighted by molar-refractivity contribution is -0.384. The van der Waals surface area contributed by atoms with Gasteiger partial charge in [0.1, 0.15) is 11.5 Å². The van der Waals surface area contributed by atoms with Gasteiger partial charge in [-0.25, -0.2) is 0 Å². The minimum Gasteiger partial charge on any atom is -0.497 e. The molecule has 0 spiro atoms. The summed E-state index contributed by atoms with van der Waals surface area (Å²) in [6.45, 7) is 1.34. The predicted molar refractivity (Wildman–Crippen MR) is 141 cm³/mol. The first-order chi connectivity index (χ1) is 17.9. The lowest BCUT2D eigenvalue weighted by Gasteiger charge is -2.26. The number of carboxylic acids is 1. The largest absolute Gasteiger partial charge is 0.497 e. The van der Waals surface area contributed by atoms with Gasteiger partial charge in [0.15, 0.2) is 0 Å². The van der Waals surface area contributed by atoms with Crippen LogP contribution in [0, 0.1) is 16.0 Å². The molecule has 9 heteroatoms. The van der Waals surface area contributed by atoms with Crippen LogP contribution in [0.5, 0.6) is 11.5 Å². The molecule has 196 valence electrons. The number of nitro groups is 1. The zero-order valence-electron chi connectivity index (χ0n) is 21.1. The van der Waals surface area contributed by atoms with Crippen LogP contribution in [-0.4, -0.2) is 49.9 Å². The number of ether oxygens (including phenoxy) is 2. The Kier molecular flexibility index (Phi) is 10.4. The molecule has 3 N–H and O–H groups in total. The first-order valence-corrected chi connectivity index (χ1v) is 12.1. The molecule has 0 saturated carbocycles. The van der Waals surface area contributed by atoms with Crippen molar-refractivity contribution in [3.05, 3.63) is 99.6 Å². The molecule has 0 aliphatic heterocycles. The van der Waals surface area contributed by atoms with E-state index in [4.69, 9.17) is 9.47 Å². The van der Waals surface area contributed by atoms with E-state index in [-0.39, 0.29) is 12.2 Å². The summed E-state index contributed by atoms with van der Waals surface area (Å²) in [6, 6.07) is 21.0. The molecule has 0 aliphatic rings. The number of rotatable bonds is 15. The third-order valence-electron chi connectivity index (χ3n) is 6.18. The number of carboxylic acid groups (broad SMARTS) is 1. The van der Waals surface area contributed by atoms with E-state index in [1.807, 2.05) is 48.5 Å². The molecule has 3 rings (SSSR count). The monoisotopic (exact) mass is 507 g/mol. The van der Waals surface area contributed by atoms with E-state index >= 15 is 0 Å². The molecular formula is C28H33N3O6. The Balaban J connectivity index is 1.70. The second-order valence-corrected chi connectivity index (χ2v) is 8.63. The lowest BCUT2D eigenvalue weighted by atomic mass is 9.92. The van der Waals surface area contributed by atoms with Crippen LogP contribution in [0.4, 0.5) is 5.69 Å². The number of benzene rings is 3. The molecule has 2 unspecified atom stereocenters. The molecule has 0 heterocycles. The SMILES string of the molecule is COc1cccc(CCNCC(C(=O)O)C(NCCc2cccc(OC)c2)c2ccc([N+](=O)[O-])cc2)c1. The zero-order valence-corrected chi connectivity index (χ0v) is 21.1. The maximum atomic E-state index is 12.3. The van der Waals surface area contributed by atoms with E-state index in [1.54, 1.807) is 26.4 Å². The first-order valence-electron chi connectivity index (χ1n) is 12.1. The van der Waals surface area contributed by atoms with Crippen molar-refractivity contribution in [2.45, 2.75) is 18.9 Å². The Labute approximate surface area is 216 Å². The van der Waals surface area contributed by atoms with Gasteiger partial charge in [-0.3, -0.25) is 14.9 Å². The van der Waals surface area contributed by atoms with Gasteiger partial charge < -0.3 is 25.2 Å². The van der Waals surface area contributed by atoms with Crippen molar-refractivity contribution >= 4 is 11.7 Å². The van der Waals surface area contributed by atoms with E-state index in [9.17, 15) is 20.0 Å². The standard InChI is InChI=1S/C28H33N3O6/c1-36-24-7-3-5-20(17-24)13-15-29-19-26(28(32)33)27(22-9-11-23(12-10-22)31(34)35)30-16-14-21-6-4-8-25(18-21)37-2/h3-12,17-18,26-27,29-30H,13-16,19H2,1-2H3,(H,32,33). The fourth-order valence-corrected chi connectivity index (χ4v) is 4.16. The predicted octanol–water partition coefficient (Wildman–Crippen LogP) is 4.02. The minimum absolute atomic E-state index is 0.0397. The van der Waals surface area contributed by atoms with Crippen LogP contribution in [0.3, 0.4) is 0 Å². The van der Waals surface area contributed by atoms with Crippen molar-refractivity contribution in [3.8, 4) is 11.5 Å². The van der Waals surface area contributed by atoms with E-state index in [1.165, 1.54) is 12.1 Å². The molecule has 0 saturated heterocycles. The summed E-state index contributed by atoms with van der Waals surface area (Å²) < 4.78 is 10.5. The Morgan fingerprint density at radius 1 is 0.919 bits per heavy atom. The molecular weight excluding hydrogens is 474 g/mol. The topological polar surface area (TPSA) is 123 Å². The van der Waals surface area contributed by atoms with E-state index < -0.39 is 22.9 Å². The minimum atomic E-state index is -0.953. The summed E-state index contributed by atoms with van der Waals surface area (Å²) >= 11 is 0. The molecule has 9 nitrogen and oxygen atoms in total. The average molecular weight is 508 g/mol. The fraction of sp³-hybridized carbons (Fsp3) is 0.321. The maximum Gasteiger partial charge on any atom is 0.309 e. The average Bonchev–Trinajstić information content (AvgIpc) is 2.92. The van der Waals surface area contributed by atoms with Gasteiger partial charge in [-0.2, -0.15) is 0 Å². The number of nitrogens with zero attached hydrogens (tertiary/aromatic N) is 1. The molecule has 0 radical (unpaired) electrons. The van der Waals surface area contributed by atoms with Crippen LogP contribution >= 0.6 is 0 Å². The van der Waals surface area contributed by atoms with E-state index in [0.29, 0.717) is 25.1 Å². The van der Waals surface area contributed by atoms with Crippen molar-refractivity contribution in [2.24, 2.45) is 5.92 Å². The first kappa shape index (κ1) is 27.6. The highest BCUT2D eigenvalue weighted by atomic mass is 16.6. The zero-order chi connectivity index (χ0) is 26.6. The quantitative estimate of drug-likeness (QED) is 0.160. The highest BCUT2D eigenvalue weighted by Crippen LogP contribution is 2.25.